The monoisotopic (exact) mass is 549 g/mol. The van der Waals surface area contributed by atoms with Crippen molar-refractivity contribution >= 4 is 21.8 Å². The van der Waals surface area contributed by atoms with E-state index in [0.717, 1.165) is 0 Å². The molecular weight excluding hydrogens is 518 g/mol. The molecule has 2 unspecified atom stereocenters. The van der Waals surface area contributed by atoms with E-state index in [2.05, 4.69) is 156 Å². The van der Waals surface area contributed by atoms with Crippen molar-refractivity contribution in [3.05, 3.63) is 163 Å². The van der Waals surface area contributed by atoms with Crippen LogP contribution in [0.4, 0.5) is 0 Å². The van der Waals surface area contributed by atoms with Gasteiger partial charge in [0.25, 0.3) is 0 Å². The summed E-state index contributed by atoms with van der Waals surface area (Å²) in [6.45, 7) is 0. The Bertz CT molecular complexity index is 2180. The summed E-state index contributed by atoms with van der Waals surface area (Å²) in [6.07, 6.45) is 7.24. The fourth-order valence-electron chi connectivity index (χ4n) is 7.69. The van der Waals surface area contributed by atoms with Gasteiger partial charge >= 0.3 is 0 Å². The van der Waals surface area contributed by atoms with Crippen molar-refractivity contribution in [2.45, 2.75) is 24.7 Å². The van der Waals surface area contributed by atoms with Crippen LogP contribution in [0.1, 0.15) is 35.8 Å². The van der Waals surface area contributed by atoms with Crippen LogP contribution in [0.25, 0.3) is 60.9 Å². The van der Waals surface area contributed by atoms with E-state index in [9.17, 15) is 0 Å². The Balaban J connectivity index is 1.20. The normalized spacial score (nSPS) is 17.0. The van der Waals surface area contributed by atoms with Gasteiger partial charge in [-0.1, -0.05) is 121 Å². The predicted octanol–water partition coefficient (Wildman–Crippen LogP) is 11.3. The highest BCUT2D eigenvalue weighted by molar-refractivity contribution is 6.10. The first-order valence-corrected chi connectivity index (χ1v) is 15.4. The zero-order valence-electron chi connectivity index (χ0n) is 23.9. The van der Waals surface area contributed by atoms with E-state index in [1.807, 2.05) is 0 Å². The number of para-hydroxylation sites is 1. The number of fused-ring (bicyclic) bond motifs is 9. The third-order valence-electron chi connectivity index (χ3n) is 9.72. The summed E-state index contributed by atoms with van der Waals surface area (Å²) >= 11 is 0. The molecule has 204 valence electrons. The van der Waals surface area contributed by atoms with Crippen molar-refractivity contribution in [1.29, 1.82) is 0 Å². The number of nitrogens with zero attached hydrogens (tertiary/aromatic N) is 1. The number of aromatic nitrogens is 1. The third-order valence-corrected chi connectivity index (χ3v) is 9.72. The van der Waals surface area contributed by atoms with Crippen molar-refractivity contribution in [2.75, 3.05) is 0 Å². The van der Waals surface area contributed by atoms with Gasteiger partial charge in [0.1, 0.15) is 0 Å². The molecule has 1 nitrogen and oxygen atoms in total. The first kappa shape index (κ1) is 24.5. The topological polar surface area (TPSA) is 4.93 Å². The quantitative estimate of drug-likeness (QED) is 0.193. The standard InChI is InChI=1S/C42H31N/c1-2-10-28(11-3-1)29-18-22-32(23-19-29)43-41-17-9-8-16-38(41)39-25-21-31(27-42(39)43)30-20-24-37-35-14-5-4-12-33(35)34-13-6-7-15-36(34)40(37)26-30/h1-3,5-11,13-27,33,35H,4,12H2. The lowest BCUT2D eigenvalue weighted by atomic mass is 9.68. The summed E-state index contributed by atoms with van der Waals surface area (Å²) < 4.78 is 2.42. The number of benzene rings is 6. The molecule has 7 aromatic rings. The van der Waals surface area contributed by atoms with Gasteiger partial charge in [-0.05, 0) is 93.6 Å². The minimum Gasteiger partial charge on any atom is -0.309 e. The zero-order chi connectivity index (χ0) is 28.3. The van der Waals surface area contributed by atoms with Crippen LogP contribution < -0.4 is 0 Å². The SMILES string of the molecule is C1=CC2c3ccc(-c4ccc5c6ccccc6n(-c6ccc(-c7ccccc7)cc6)c5c4)cc3-c3ccccc3C2CC1. The molecular formula is C42H31N. The minimum absolute atomic E-state index is 0.469. The van der Waals surface area contributed by atoms with E-state index in [4.69, 9.17) is 0 Å². The average molecular weight is 550 g/mol. The van der Waals surface area contributed by atoms with Crippen LogP contribution in [0.5, 0.6) is 0 Å². The van der Waals surface area contributed by atoms with Gasteiger partial charge in [0.15, 0.2) is 0 Å². The molecule has 1 aromatic heterocycles. The van der Waals surface area contributed by atoms with E-state index in [-0.39, 0.29) is 0 Å². The van der Waals surface area contributed by atoms with E-state index in [1.54, 1.807) is 0 Å². The van der Waals surface area contributed by atoms with Gasteiger partial charge in [0.2, 0.25) is 0 Å². The molecule has 6 aromatic carbocycles. The second-order valence-corrected chi connectivity index (χ2v) is 12.0. The molecule has 0 amide bonds. The van der Waals surface area contributed by atoms with Gasteiger partial charge in [0.05, 0.1) is 11.0 Å². The van der Waals surface area contributed by atoms with Gasteiger partial charge in [-0.3, -0.25) is 0 Å². The molecule has 9 rings (SSSR count). The second kappa shape index (κ2) is 9.71. The summed E-state index contributed by atoms with van der Waals surface area (Å²) in [5.41, 5.74) is 14.4. The van der Waals surface area contributed by atoms with Crippen LogP contribution in [0, 0.1) is 0 Å². The molecule has 0 bridgehead atoms. The maximum Gasteiger partial charge on any atom is 0.0547 e. The van der Waals surface area contributed by atoms with E-state index in [0.29, 0.717) is 11.8 Å². The molecule has 0 aliphatic heterocycles. The van der Waals surface area contributed by atoms with E-state index < -0.39 is 0 Å². The minimum atomic E-state index is 0.469. The lowest BCUT2D eigenvalue weighted by molar-refractivity contribution is 0.547. The second-order valence-electron chi connectivity index (χ2n) is 12.0. The van der Waals surface area contributed by atoms with Gasteiger partial charge in [0, 0.05) is 22.4 Å². The molecule has 0 fully saturated rings. The molecule has 0 saturated heterocycles. The first-order chi connectivity index (χ1) is 21.3. The summed E-state index contributed by atoms with van der Waals surface area (Å²) in [5.74, 6) is 1.05. The molecule has 2 aliphatic rings. The Kier molecular flexibility index (Phi) is 5.52. The van der Waals surface area contributed by atoms with Gasteiger partial charge in [-0.15, -0.1) is 0 Å². The van der Waals surface area contributed by atoms with Crippen LogP contribution in [0.3, 0.4) is 0 Å². The largest absolute Gasteiger partial charge is 0.309 e. The fraction of sp³-hybridized carbons (Fsp3) is 0.0952. The van der Waals surface area contributed by atoms with Crippen molar-refractivity contribution in [3.63, 3.8) is 0 Å². The molecule has 0 saturated carbocycles. The van der Waals surface area contributed by atoms with Crippen molar-refractivity contribution in [1.82, 2.24) is 4.57 Å². The molecule has 1 heterocycles. The van der Waals surface area contributed by atoms with Gasteiger partial charge in [-0.2, -0.15) is 0 Å². The summed E-state index contributed by atoms with van der Waals surface area (Å²) in [5, 5.41) is 2.57. The Morgan fingerprint density at radius 2 is 1.19 bits per heavy atom. The van der Waals surface area contributed by atoms with Crippen LogP contribution in [-0.4, -0.2) is 4.57 Å². The number of allylic oxidation sites excluding steroid dienone is 2. The van der Waals surface area contributed by atoms with E-state index >= 15 is 0 Å². The van der Waals surface area contributed by atoms with Crippen LogP contribution in [-0.2, 0) is 0 Å². The van der Waals surface area contributed by atoms with Crippen molar-refractivity contribution in [3.8, 4) is 39.1 Å². The molecule has 0 spiro atoms. The molecule has 0 N–H and O–H groups in total. The predicted molar refractivity (Wildman–Crippen MR) is 181 cm³/mol. The molecule has 2 aliphatic carbocycles. The van der Waals surface area contributed by atoms with Crippen molar-refractivity contribution < 1.29 is 0 Å². The zero-order valence-corrected chi connectivity index (χ0v) is 23.9. The molecule has 43 heavy (non-hydrogen) atoms. The van der Waals surface area contributed by atoms with Crippen LogP contribution in [0.2, 0.25) is 0 Å². The Hall–Kier alpha value is -5.14. The first-order valence-electron chi connectivity index (χ1n) is 15.4. The van der Waals surface area contributed by atoms with E-state index in [1.165, 1.54) is 84.8 Å². The Morgan fingerprint density at radius 1 is 0.488 bits per heavy atom. The highest BCUT2D eigenvalue weighted by Gasteiger charge is 2.33. The highest BCUT2D eigenvalue weighted by atomic mass is 15.0. The number of hydrogen-bond acceptors (Lipinski definition) is 0. The summed E-state index contributed by atoms with van der Waals surface area (Å²) in [7, 11) is 0. The maximum atomic E-state index is 2.45. The molecule has 2 atom stereocenters. The summed E-state index contributed by atoms with van der Waals surface area (Å²) in [4.78, 5) is 0. The third kappa shape index (κ3) is 3.85. The average Bonchev–Trinajstić information content (AvgIpc) is 3.42. The van der Waals surface area contributed by atoms with Crippen LogP contribution >= 0.6 is 0 Å². The molecule has 1 heteroatoms. The lowest BCUT2D eigenvalue weighted by Gasteiger charge is -2.36. The smallest absolute Gasteiger partial charge is 0.0547 e. The molecule has 0 radical (unpaired) electrons. The number of rotatable bonds is 3. The van der Waals surface area contributed by atoms with Crippen LogP contribution in [0.15, 0.2) is 152 Å². The lowest BCUT2D eigenvalue weighted by Crippen LogP contribution is -2.18. The Morgan fingerprint density at radius 3 is 2.09 bits per heavy atom. The summed E-state index contributed by atoms with van der Waals surface area (Å²) in [6, 6.07) is 51.6. The number of hydrogen-bond donors (Lipinski definition) is 0. The Labute approximate surface area is 252 Å². The maximum absolute atomic E-state index is 2.45. The fourth-order valence-corrected chi connectivity index (χ4v) is 7.69. The van der Waals surface area contributed by atoms with Crippen molar-refractivity contribution in [2.24, 2.45) is 0 Å². The van der Waals surface area contributed by atoms with Gasteiger partial charge in [-0.25, -0.2) is 0 Å². The highest BCUT2D eigenvalue weighted by Crippen LogP contribution is 2.51. The van der Waals surface area contributed by atoms with Gasteiger partial charge < -0.3 is 4.57 Å².